The monoisotopic (exact) mass is 477 g/mol. The van der Waals surface area contributed by atoms with E-state index in [-0.39, 0.29) is 11.8 Å². The molecule has 8 heteroatoms. The molecule has 0 radical (unpaired) electrons. The van der Waals surface area contributed by atoms with Crippen molar-refractivity contribution in [3.63, 3.8) is 0 Å². The lowest BCUT2D eigenvalue weighted by Gasteiger charge is -2.34. The van der Waals surface area contributed by atoms with Gasteiger partial charge in [0.2, 0.25) is 11.8 Å². The van der Waals surface area contributed by atoms with Gasteiger partial charge in [-0.15, -0.1) is 0 Å². The Kier molecular flexibility index (Phi) is 8.03. The van der Waals surface area contributed by atoms with Crippen LogP contribution in [0.4, 0.5) is 5.69 Å². The summed E-state index contributed by atoms with van der Waals surface area (Å²) < 4.78 is 2.03. The number of amides is 2. The number of para-hydroxylation sites is 2. The number of thioether (sulfide) groups is 1. The molecule has 2 heterocycles. The molecule has 2 aromatic carbocycles. The van der Waals surface area contributed by atoms with Crippen LogP contribution in [0.5, 0.6) is 0 Å². The SMILES string of the molecule is CCc1ccccc1NC(=O)CN1CCN(C(=O)CSc2nccn2-c2ccccc2C)CC1. The molecule has 34 heavy (non-hydrogen) atoms. The summed E-state index contributed by atoms with van der Waals surface area (Å²) >= 11 is 1.46. The fourth-order valence-corrected chi connectivity index (χ4v) is 5.00. The third kappa shape index (κ3) is 5.87. The van der Waals surface area contributed by atoms with Gasteiger partial charge in [-0.3, -0.25) is 19.1 Å². The van der Waals surface area contributed by atoms with Crippen LogP contribution in [0.3, 0.4) is 0 Å². The molecule has 3 aromatic rings. The van der Waals surface area contributed by atoms with Gasteiger partial charge in [-0.05, 0) is 36.6 Å². The van der Waals surface area contributed by atoms with Crippen molar-refractivity contribution >= 4 is 29.3 Å². The van der Waals surface area contributed by atoms with Crippen molar-refractivity contribution < 1.29 is 9.59 Å². The molecule has 4 rings (SSSR count). The summed E-state index contributed by atoms with van der Waals surface area (Å²) in [4.78, 5) is 33.8. The van der Waals surface area contributed by atoms with Gasteiger partial charge in [-0.2, -0.15) is 0 Å². The van der Waals surface area contributed by atoms with Crippen molar-refractivity contribution in [3.8, 4) is 5.69 Å². The summed E-state index contributed by atoms with van der Waals surface area (Å²) in [5, 5.41) is 3.84. The van der Waals surface area contributed by atoms with E-state index in [1.54, 1.807) is 6.20 Å². The molecule has 1 N–H and O–H groups in total. The van der Waals surface area contributed by atoms with Gasteiger partial charge in [0.05, 0.1) is 18.0 Å². The predicted molar refractivity (Wildman–Crippen MR) is 136 cm³/mol. The second-order valence-electron chi connectivity index (χ2n) is 8.37. The molecule has 1 aromatic heterocycles. The van der Waals surface area contributed by atoms with Gasteiger partial charge in [0.1, 0.15) is 0 Å². The van der Waals surface area contributed by atoms with Gasteiger partial charge in [-0.1, -0.05) is 55.1 Å². The van der Waals surface area contributed by atoms with Crippen LogP contribution in [0.15, 0.2) is 66.1 Å². The number of aryl methyl sites for hydroxylation is 2. The summed E-state index contributed by atoms with van der Waals surface area (Å²) in [5.41, 5.74) is 4.24. The van der Waals surface area contributed by atoms with Crippen molar-refractivity contribution in [2.24, 2.45) is 0 Å². The van der Waals surface area contributed by atoms with Gasteiger partial charge in [0.15, 0.2) is 5.16 Å². The first-order valence-corrected chi connectivity index (χ1v) is 12.6. The van der Waals surface area contributed by atoms with Crippen LogP contribution < -0.4 is 5.32 Å². The van der Waals surface area contributed by atoms with Crippen LogP contribution in [0.2, 0.25) is 0 Å². The zero-order valence-corrected chi connectivity index (χ0v) is 20.6. The van der Waals surface area contributed by atoms with E-state index in [2.05, 4.69) is 41.2 Å². The Morgan fingerprint density at radius 1 is 1.03 bits per heavy atom. The highest BCUT2D eigenvalue weighted by molar-refractivity contribution is 7.99. The Balaban J connectivity index is 1.24. The Hall–Kier alpha value is -3.10. The summed E-state index contributed by atoms with van der Waals surface area (Å²) in [6, 6.07) is 16.0. The van der Waals surface area contributed by atoms with Crippen LogP contribution in [-0.2, 0) is 16.0 Å². The highest BCUT2D eigenvalue weighted by Gasteiger charge is 2.23. The number of rotatable bonds is 8. The number of hydrogen-bond donors (Lipinski definition) is 1. The number of nitrogens with zero attached hydrogens (tertiary/aromatic N) is 4. The third-order valence-electron chi connectivity index (χ3n) is 6.07. The first-order chi connectivity index (χ1) is 16.5. The highest BCUT2D eigenvalue weighted by atomic mass is 32.2. The molecular formula is C26H31N5O2S. The number of nitrogens with one attached hydrogen (secondary N) is 1. The molecule has 0 atom stereocenters. The molecule has 1 aliphatic rings. The quantitative estimate of drug-likeness (QED) is 0.502. The Bertz CT molecular complexity index is 1140. The van der Waals surface area contributed by atoms with E-state index in [0.29, 0.717) is 38.5 Å². The van der Waals surface area contributed by atoms with Gasteiger partial charge >= 0.3 is 0 Å². The first kappa shape index (κ1) is 24.0. The second-order valence-corrected chi connectivity index (χ2v) is 9.31. The van der Waals surface area contributed by atoms with E-state index in [1.807, 2.05) is 52.1 Å². The van der Waals surface area contributed by atoms with Gasteiger partial charge < -0.3 is 10.2 Å². The number of benzene rings is 2. The molecule has 0 saturated carbocycles. The molecule has 178 valence electrons. The lowest BCUT2D eigenvalue weighted by Crippen LogP contribution is -2.50. The van der Waals surface area contributed by atoms with E-state index in [1.165, 1.54) is 11.8 Å². The number of anilines is 1. The number of aromatic nitrogens is 2. The maximum atomic E-state index is 12.8. The Morgan fingerprint density at radius 3 is 2.53 bits per heavy atom. The summed E-state index contributed by atoms with van der Waals surface area (Å²) in [5.74, 6) is 0.432. The molecule has 1 saturated heterocycles. The van der Waals surface area contributed by atoms with Crippen molar-refractivity contribution in [1.29, 1.82) is 0 Å². The molecule has 0 bridgehead atoms. The number of piperazine rings is 1. The van der Waals surface area contributed by atoms with Crippen molar-refractivity contribution in [1.82, 2.24) is 19.4 Å². The number of carbonyl (C=O) groups is 2. The average molecular weight is 478 g/mol. The number of carbonyl (C=O) groups excluding carboxylic acids is 2. The van der Waals surface area contributed by atoms with Crippen molar-refractivity contribution in [2.45, 2.75) is 25.4 Å². The Morgan fingerprint density at radius 2 is 1.76 bits per heavy atom. The minimum Gasteiger partial charge on any atom is -0.339 e. The fourth-order valence-electron chi connectivity index (χ4n) is 4.13. The summed E-state index contributed by atoms with van der Waals surface area (Å²) in [7, 11) is 0. The molecule has 7 nitrogen and oxygen atoms in total. The molecule has 0 unspecified atom stereocenters. The van der Waals surface area contributed by atoms with E-state index in [4.69, 9.17) is 0 Å². The Labute approximate surface area is 205 Å². The second kappa shape index (κ2) is 11.4. The standard InChI is InChI=1S/C26H31N5O2S/c1-3-21-9-5-6-10-22(21)28-24(32)18-29-14-16-30(17-15-29)25(33)19-34-26-27-12-13-31(26)23-11-7-4-8-20(23)2/h4-13H,3,14-19H2,1-2H3,(H,28,32). The van der Waals surface area contributed by atoms with Crippen LogP contribution in [0, 0.1) is 6.92 Å². The lowest BCUT2D eigenvalue weighted by molar-refractivity contribution is -0.130. The normalized spacial score (nSPS) is 14.2. The lowest BCUT2D eigenvalue weighted by atomic mass is 10.1. The largest absolute Gasteiger partial charge is 0.339 e. The fraction of sp³-hybridized carbons (Fsp3) is 0.346. The number of hydrogen-bond acceptors (Lipinski definition) is 5. The topological polar surface area (TPSA) is 70.5 Å². The third-order valence-corrected chi connectivity index (χ3v) is 7.02. The summed E-state index contributed by atoms with van der Waals surface area (Å²) in [6.07, 6.45) is 4.57. The van der Waals surface area contributed by atoms with E-state index in [0.717, 1.165) is 34.1 Å². The van der Waals surface area contributed by atoms with Gasteiger partial charge in [-0.25, -0.2) is 4.98 Å². The van der Waals surface area contributed by atoms with E-state index in [9.17, 15) is 9.59 Å². The minimum absolute atomic E-state index is 0.0146. The number of imidazole rings is 1. The molecule has 0 aliphatic carbocycles. The zero-order chi connectivity index (χ0) is 23.9. The van der Waals surface area contributed by atoms with Crippen LogP contribution in [-0.4, -0.2) is 69.6 Å². The smallest absolute Gasteiger partial charge is 0.238 e. The average Bonchev–Trinajstić information content (AvgIpc) is 3.32. The van der Waals surface area contributed by atoms with Crippen molar-refractivity contribution in [2.75, 3.05) is 43.8 Å². The minimum atomic E-state index is -0.0146. The molecular weight excluding hydrogens is 446 g/mol. The van der Waals surface area contributed by atoms with Gasteiger partial charge in [0.25, 0.3) is 0 Å². The molecule has 1 aliphatic heterocycles. The molecule has 1 fully saturated rings. The zero-order valence-electron chi connectivity index (χ0n) is 19.7. The molecule has 0 spiro atoms. The maximum Gasteiger partial charge on any atom is 0.238 e. The first-order valence-electron chi connectivity index (χ1n) is 11.6. The van der Waals surface area contributed by atoms with Crippen LogP contribution in [0.1, 0.15) is 18.1 Å². The maximum absolute atomic E-state index is 12.8. The van der Waals surface area contributed by atoms with E-state index >= 15 is 0 Å². The molecule has 2 amide bonds. The van der Waals surface area contributed by atoms with Crippen molar-refractivity contribution in [3.05, 3.63) is 72.1 Å². The van der Waals surface area contributed by atoms with Crippen LogP contribution in [0.25, 0.3) is 5.69 Å². The summed E-state index contributed by atoms with van der Waals surface area (Å²) in [6.45, 7) is 7.12. The van der Waals surface area contributed by atoms with E-state index < -0.39 is 0 Å². The van der Waals surface area contributed by atoms with Gasteiger partial charge in [0, 0.05) is 44.3 Å². The van der Waals surface area contributed by atoms with Crippen LogP contribution >= 0.6 is 11.8 Å². The predicted octanol–water partition coefficient (Wildman–Crippen LogP) is 3.62. The highest BCUT2D eigenvalue weighted by Crippen LogP contribution is 2.23.